The quantitative estimate of drug-likeness (QED) is 0.850. The smallest absolute Gasteiger partial charge is 0.451 e. The maximum absolute atomic E-state index is 12.7. The van der Waals surface area contributed by atoms with Gasteiger partial charge in [-0.3, -0.25) is 0 Å². The second kappa shape index (κ2) is 4.45. The van der Waals surface area contributed by atoms with Crippen LogP contribution in [-0.4, -0.2) is 21.9 Å². The van der Waals surface area contributed by atoms with E-state index >= 15 is 0 Å². The first kappa shape index (κ1) is 13.2. The molecule has 0 aliphatic carbocycles. The van der Waals surface area contributed by atoms with E-state index in [0.29, 0.717) is 15.9 Å². The van der Waals surface area contributed by atoms with E-state index in [4.69, 9.17) is 10.5 Å². The summed E-state index contributed by atoms with van der Waals surface area (Å²) >= 11 is 0. The summed E-state index contributed by atoms with van der Waals surface area (Å²) in [5.41, 5.74) is 6.31. The van der Waals surface area contributed by atoms with Crippen LogP contribution in [0.25, 0.3) is 11.4 Å². The zero-order valence-corrected chi connectivity index (χ0v) is 10.2. The summed E-state index contributed by atoms with van der Waals surface area (Å²) in [7, 11) is 2.56. The van der Waals surface area contributed by atoms with Crippen LogP contribution in [0.2, 0.25) is 0 Å². The molecule has 1 aromatic carbocycles. The number of nitrogens with zero attached hydrogens (tertiary/aromatic N) is 3. The molecule has 0 aliphatic rings. The first-order valence-corrected chi connectivity index (χ1v) is 5.25. The normalized spacial score (nSPS) is 11.6. The lowest BCUT2D eigenvalue weighted by Gasteiger charge is -2.07. The molecule has 0 bridgehead atoms. The van der Waals surface area contributed by atoms with Crippen LogP contribution in [0.4, 0.5) is 18.9 Å². The number of alkyl halides is 3. The van der Waals surface area contributed by atoms with Crippen LogP contribution in [0, 0.1) is 0 Å². The molecule has 5 nitrogen and oxygen atoms in total. The van der Waals surface area contributed by atoms with Gasteiger partial charge in [0.05, 0.1) is 18.4 Å². The molecule has 2 N–H and O–H groups in total. The number of hydrogen-bond donors (Lipinski definition) is 1. The molecule has 0 saturated heterocycles. The van der Waals surface area contributed by atoms with Gasteiger partial charge in [0.2, 0.25) is 5.82 Å². The van der Waals surface area contributed by atoms with Crippen LogP contribution in [0.5, 0.6) is 5.75 Å². The van der Waals surface area contributed by atoms with Gasteiger partial charge in [-0.05, 0) is 12.1 Å². The van der Waals surface area contributed by atoms with Crippen molar-refractivity contribution in [3.63, 3.8) is 0 Å². The molecular weight excluding hydrogens is 261 g/mol. The summed E-state index contributed by atoms with van der Waals surface area (Å²) in [6, 6.07) is 4.72. The number of nitrogens with two attached hydrogens (primary N) is 1. The number of aryl methyl sites for hydroxylation is 1. The van der Waals surface area contributed by atoms with E-state index in [-0.39, 0.29) is 11.6 Å². The summed E-state index contributed by atoms with van der Waals surface area (Å²) in [4.78, 5) is 3.49. The second-order valence-electron chi connectivity index (χ2n) is 3.81. The van der Waals surface area contributed by atoms with Gasteiger partial charge < -0.3 is 10.5 Å². The van der Waals surface area contributed by atoms with E-state index in [9.17, 15) is 13.2 Å². The first-order valence-electron chi connectivity index (χ1n) is 5.25. The Morgan fingerprint density at radius 1 is 1.32 bits per heavy atom. The number of aromatic nitrogens is 3. The van der Waals surface area contributed by atoms with Gasteiger partial charge in [-0.15, -0.1) is 0 Å². The second-order valence-corrected chi connectivity index (χ2v) is 3.81. The fraction of sp³-hybridized carbons (Fsp3) is 0.273. The van der Waals surface area contributed by atoms with Crippen molar-refractivity contribution >= 4 is 5.69 Å². The maximum atomic E-state index is 12.7. The van der Waals surface area contributed by atoms with Gasteiger partial charge in [0.1, 0.15) is 0 Å². The zero-order chi connectivity index (χ0) is 14.2. The van der Waals surface area contributed by atoms with Crippen molar-refractivity contribution in [3.05, 3.63) is 24.0 Å². The van der Waals surface area contributed by atoms with E-state index < -0.39 is 12.0 Å². The van der Waals surface area contributed by atoms with Crippen molar-refractivity contribution in [2.75, 3.05) is 12.8 Å². The minimum atomic E-state index is -4.56. The number of ether oxygens (including phenoxy) is 1. The van der Waals surface area contributed by atoms with Crippen LogP contribution < -0.4 is 10.5 Å². The molecule has 8 heteroatoms. The number of rotatable bonds is 2. The van der Waals surface area contributed by atoms with Crippen LogP contribution in [0.1, 0.15) is 5.82 Å². The minimum Gasteiger partial charge on any atom is -0.494 e. The molecule has 0 amide bonds. The van der Waals surface area contributed by atoms with Gasteiger partial charge in [0, 0.05) is 7.05 Å². The Hall–Kier alpha value is -2.25. The third kappa shape index (κ3) is 2.33. The molecule has 19 heavy (non-hydrogen) atoms. The number of hydrogen-bond acceptors (Lipinski definition) is 4. The highest BCUT2D eigenvalue weighted by Gasteiger charge is 2.37. The minimum absolute atomic E-state index is 0.0843. The number of anilines is 1. The molecule has 1 aromatic heterocycles. The molecule has 0 fully saturated rings. The van der Waals surface area contributed by atoms with Crippen molar-refractivity contribution < 1.29 is 17.9 Å². The van der Waals surface area contributed by atoms with E-state index in [1.807, 2.05) is 0 Å². The number of benzene rings is 1. The first-order chi connectivity index (χ1) is 8.84. The molecule has 2 aromatic rings. The molecule has 102 valence electrons. The topological polar surface area (TPSA) is 66.0 Å². The SMILES string of the molecule is COc1c(N)cccc1-c1nc(C(F)(F)F)n(C)n1. The van der Waals surface area contributed by atoms with Gasteiger partial charge in [-0.2, -0.15) is 18.3 Å². The molecule has 2 rings (SSSR count). The van der Waals surface area contributed by atoms with Crippen molar-refractivity contribution in [2.45, 2.75) is 6.18 Å². The largest absolute Gasteiger partial charge is 0.494 e. The summed E-state index contributed by atoms with van der Waals surface area (Å²) < 4.78 is 43.7. The molecule has 0 unspecified atom stereocenters. The average Bonchev–Trinajstić information content (AvgIpc) is 2.70. The van der Waals surface area contributed by atoms with E-state index in [1.54, 1.807) is 18.2 Å². The van der Waals surface area contributed by atoms with Gasteiger partial charge in [0.25, 0.3) is 0 Å². The zero-order valence-electron chi connectivity index (χ0n) is 10.2. The molecule has 0 spiro atoms. The Kier molecular flexibility index (Phi) is 3.09. The van der Waals surface area contributed by atoms with Crippen LogP contribution in [0.3, 0.4) is 0 Å². The lowest BCUT2D eigenvalue weighted by molar-refractivity contribution is -0.147. The van der Waals surface area contributed by atoms with Crippen molar-refractivity contribution in [1.82, 2.24) is 14.8 Å². The average molecular weight is 272 g/mol. The molecule has 1 heterocycles. The molecule has 0 saturated carbocycles. The molecular formula is C11H11F3N4O. The standard InChI is InChI=1S/C11H11F3N4O/c1-18-10(11(12,13)14)16-9(17-18)6-4-3-5-7(15)8(6)19-2/h3-5H,15H2,1-2H3. The summed E-state index contributed by atoms with van der Waals surface area (Å²) in [5, 5.41) is 3.75. The van der Waals surface area contributed by atoms with Crippen LogP contribution >= 0.6 is 0 Å². The number of nitrogen functional groups attached to an aromatic ring is 1. The van der Waals surface area contributed by atoms with Crippen molar-refractivity contribution in [1.29, 1.82) is 0 Å². The lowest BCUT2D eigenvalue weighted by atomic mass is 10.1. The van der Waals surface area contributed by atoms with Gasteiger partial charge >= 0.3 is 6.18 Å². The van der Waals surface area contributed by atoms with Gasteiger partial charge in [-0.25, -0.2) is 9.67 Å². The van der Waals surface area contributed by atoms with E-state index in [1.165, 1.54) is 14.2 Å². The Morgan fingerprint density at radius 2 is 2.00 bits per heavy atom. The number of para-hydroxylation sites is 1. The Balaban J connectivity index is 2.58. The van der Waals surface area contributed by atoms with E-state index in [0.717, 1.165) is 0 Å². The van der Waals surface area contributed by atoms with Crippen LogP contribution in [-0.2, 0) is 13.2 Å². The summed E-state index contributed by atoms with van der Waals surface area (Å²) in [6.07, 6.45) is -4.56. The van der Waals surface area contributed by atoms with Crippen molar-refractivity contribution in [3.8, 4) is 17.1 Å². The predicted octanol–water partition coefficient (Wildman–Crippen LogP) is 2.09. The molecule has 0 aliphatic heterocycles. The van der Waals surface area contributed by atoms with Gasteiger partial charge in [-0.1, -0.05) is 6.07 Å². The Labute approximate surface area is 106 Å². The number of methoxy groups -OCH3 is 1. The summed E-state index contributed by atoms with van der Waals surface area (Å²) in [5.74, 6) is -0.909. The number of halogens is 3. The third-order valence-electron chi connectivity index (χ3n) is 2.51. The van der Waals surface area contributed by atoms with Crippen LogP contribution in [0.15, 0.2) is 18.2 Å². The highest BCUT2D eigenvalue weighted by atomic mass is 19.4. The fourth-order valence-electron chi connectivity index (χ4n) is 1.70. The highest BCUT2D eigenvalue weighted by molar-refractivity contribution is 5.73. The highest BCUT2D eigenvalue weighted by Crippen LogP contribution is 2.35. The molecule has 0 atom stereocenters. The predicted molar refractivity (Wildman–Crippen MR) is 62.4 cm³/mol. The lowest BCUT2D eigenvalue weighted by Crippen LogP contribution is -2.13. The molecule has 0 radical (unpaired) electrons. The van der Waals surface area contributed by atoms with Crippen molar-refractivity contribution in [2.24, 2.45) is 7.05 Å². The van der Waals surface area contributed by atoms with E-state index in [2.05, 4.69) is 10.1 Å². The Morgan fingerprint density at radius 3 is 2.53 bits per heavy atom. The summed E-state index contributed by atoms with van der Waals surface area (Å²) in [6.45, 7) is 0. The Bertz CT molecular complexity index is 606. The monoisotopic (exact) mass is 272 g/mol. The van der Waals surface area contributed by atoms with Gasteiger partial charge in [0.15, 0.2) is 11.6 Å². The third-order valence-corrected chi connectivity index (χ3v) is 2.51. The maximum Gasteiger partial charge on any atom is 0.451 e. The fourth-order valence-corrected chi connectivity index (χ4v) is 1.70.